The molecule has 1 heterocycles. The van der Waals surface area contributed by atoms with Gasteiger partial charge in [0.05, 0.1) is 34.7 Å². The maximum absolute atomic E-state index is 12.7. The third kappa shape index (κ3) is 4.54. The van der Waals surface area contributed by atoms with E-state index in [4.69, 9.17) is 10.00 Å². The topological polar surface area (TPSA) is 126 Å². The van der Waals surface area contributed by atoms with Crippen LogP contribution in [0.5, 0.6) is 0 Å². The average Bonchev–Trinajstić information content (AvgIpc) is 2.73. The molecule has 3 rings (SSSR count). The van der Waals surface area contributed by atoms with Crippen LogP contribution >= 0.6 is 0 Å². The fourth-order valence-corrected chi connectivity index (χ4v) is 4.46. The molecule has 1 saturated heterocycles. The molecule has 0 radical (unpaired) electrons. The first kappa shape index (κ1) is 20.7. The molecule has 1 fully saturated rings. The van der Waals surface area contributed by atoms with Crippen molar-refractivity contribution < 1.29 is 18.1 Å². The highest BCUT2D eigenvalue weighted by atomic mass is 32.2. The fourth-order valence-electron chi connectivity index (χ4n) is 3.05. The first-order valence-corrected chi connectivity index (χ1v) is 10.4. The lowest BCUT2D eigenvalue weighted by molar-refractivity contribution is -0.385. The van der Waals surface area contributed by atoms with E-state index < -0.39 is 14.9 Å². The molecule has 29 heavy (non-hydrogen) atoms. The number of benzene rings is 2. The molecule has 0 aliphatic carbocycles. The van der Waals surface area contributed by atoms with Crippen molar-refractivity contribution in [3.8, 4) is 6.07 Å². The minimum atomic E-state index is -3.55. The van der Waals surface area contributed by atoms with E-state index in [1.54, 1.807) is 37.3 Å². The van der Waals surface area contributed by atoms with Crippen molar-refractivity contribution in [2.24, 2.45) is 0 Å². The quantitative estimate of drug-likeness (QED) is 0.566. The van der Waals surface area contributed by atoms with E-state index in [2.05, 4.69) is 5.32 Å². The number of sulfonamides is 1. The van der Waals surface area contributed by atoms with Gasteiger partial charge in [-0.3, -0.25) is 10.1 Å². The molecule has 1 aliphatic heterocycles. The molecule has 10 heteroatoms. The number of nitro groups is 1. The van der Waals surface area contributed by atoms with Crippen LogP contribution in [0.4, 0.5) is 11.4 Å². The lowest BCUT2D eigenvalue weighted by Crippen LogP contribution is -2.40. The Morgan fingerprint density at radius 3 is 2.48 bits per heavy atom. The highest BCUT2D eigenvalue weighted by Crippen LogP contribution is 2.28. The fraction of sp³-hybridized carbons (Fsp3) is 0.316. The van der Waals surface area contributed by atoms with Crippen LogP contribution in [-0.4, -0.2) is 43.9 Å². The van der Waals surface area contributed by atoms with Gasteiger partial charge < -0.3 is 10.1 Å². The lowest BCUT2D eigenvalue weighted by atomic mass is 10.1. The maximum Gasteiger partial charge on any atom is 0.275 e. The molecule has 0 spiro atoms. The molecule has 0 saturated carbocycles. The van der Waals surface area contributed by atoms with Gasteiger partial charge in [0.1, 0.15) is 0 Å². The monoisotopic (exact) mass is 416 g/mol. The summed E-state index contributed by atoms with van der Waals surface area (Å²) in [5.74, 6) is 0. The van der Waals surface area contributed by atoms with E-state index in [9.17, 15) is 18.5 Å². The van der Waals surface area contributed by atoms with Gasteiger partial charge in [-0.15, -0.1) is 0 Å². The van der Waals surface area contributed by atoms with Crippen molar-refractivity contribution >= 4 is 21.4 Å². The molecule has 9 nitrogen and oxygen atoms in total. The number of nitriles is 1. The van der Waals surface area contributed by atoms with Crippen LogP contribution in [0.1, 0.15) is 16.7 Å². The summed E-state index contributed by atoms with van der Waals surface area (Å²) >= 11 is 0. The van der Waals surface area contributed by atoms with Crippen LogP contribution in [-0.2, 0) is 21.3 Å². The number of anilines is 1. The number of hydrogen-bond acceptors (Lipinski definition) is 7. The summed E-state index contributed by atoms with van der Waals surface area (Å²) in [6, 6.07) is 11.2. The van der Waals surface area contributed by atoms with Crippen molar-refractivity contribution in [2.45, 2.75) is 18.4 Å². The second kappa shape index (κ2) is 8.57. The van der Waals surface area contributed by atoms with Crippen LogP contribution in [0, 0.1) is 28.4 Å². The standard InChI is InChI=1S/C19H20N4O5S/c1-14-18(10-16(12-20)11-19(14)23(24)25)21-13-15-2-4-17(5-3-15)29(26,27)22-6-8-28-9-7-22/h2-5,10-11,21H,6-9,13H2,1H3. The summed E-state index contributed by atoms with van der Waals surface area (Å²) in [5.41, 5.74) is 1.78. The smallest absolute Gasteiger partial charge is 0.275 e. The summed E-state index contributed by atoms with van der Waals surface area (Å²) in [4.78, 5) is 10.9. The van der Waals surface area contributed by atoms with Crippen LogP contribution < -0.4 is 5.32 Å². The van der Waals surface area contributed by atoms with Crippen LogP contribution in [0.15, 0.2) is 41.3 Å². The van der Waals surface area contributed by atoms with Gasteiger partial charge in [-0.2, -0.15) is 9.57 Å². The highest BCUT2D eigenvalue weighted by molar-refractivity contribution is 7.89. The third-order valence-electron chi connectivity index (χ3n) is 4.72. The van der Waals surface area contributed by atoms with Gasteiger partial charge in [0.25, 0.3) is 5.69 Å². The van der Waals surface area contributed by atoms with Gasteiger partial charge >= 0.3 is 0 Å². The van der Waals surface area contributed by atoms with E-state index in [-0.39, 0.29) is 16.1 Å². The summed E-state index contributed by atoms with van der Waals surface area (Å²) in [7, 11) is -3.55. The zero-order valence-corrected chi connectivity index (χ0v) is 16.6. The largest absolute Gasteiger partial charge is 0.381 e. The first-order chi connectivity index (χ1) is 13.8. The Hall–Kier alpha value is -3.00. The third-order valence-corrected chi connectivity index (χ3v) is 6.63. The predicted molar refractivity (Wildman–Crippen MR) is 106 cm³/mol. The van der Waals surface area contributed by atoms with Crippen LogP contribution in [0.3, 0.4) is 0 Å². The molecule has 2 aromatic rings. The van der Waals surface area contributed by atoms with Gasteiger partial charge in [0, 0.05) is 37.0 Å². The molecule has 152 valence electrons. The first-order valence-electron chi connectivity index (χ1n) is 8.93. The second-order valence-electron chi connectivity index (χ2n) is 6.55. The zero-order valence-electron chi connectivity index (χ0n) is 15.8. The Labute approximate surface area is 168 Å². The molecule has 0 amide bonds. The number of nitrogens with zero attached hydrogens (tertiary/aromatic N) is 3. The number of ether oxygens (including phenoxy) is 1. The average molecular weight is 416 g/mol. The molecule has 2 aromatic carbocycles. The van der Waals surface area contributed by atoms with Crippen LogP contribution in [0.25, 0.3) is 0 Å². The van der Waals surface area contributed by atoms with E-state index in [0.29, 0.717) is 44.1 Å². The summed E-state index contributed by atoms with van der Waals surface area (Å²) in [6.45, 7) is 3.37. The van der Waals surface area contributed by atoms with Gasteiger partial charge in [0.2, 0.25) is 10.0 Å². The van der Waals surface area contributed by atoms with E-state index in [1.807, 2.05) is 6.07 Å². The summed E-state index contributed by atoms with van der Waals surface area (Å²) < 4.78 is 31.9. The number of nitro benzene ring substituents is 1. The number of rotatable bonds is 6. The number of nitrogens with one attached hydrogen (secondary N) is 1. The minimum absolute atomic E-state index is 0.126. The van der Waals surface area contributed by atoms with E-state index in [1.165, 1.54) is 10.4 Å². The Kier molecular flexibility index (Phi) is 6.12. The van der Waals surface area contributed by atoms with Crippen molar-refractivity contribution in [3.63, 3.8) is 0 Å². The van der Waals surface area contributed by atoms with Crippen molar-refractivity contribution in [3.05, 3.63) is 63.2 Å². The minimum Gasteiger partial charge on any atom is -0.381 e. The molecule has 0 aromatic heterocycles. The highest BCUT2D eigenvalue weighted by Gasteiger charge is 2.26. The Bertz CT molecular complexity index is 1060. The summed E-state index contributed by atoms with van der Waals surface area (Å²) in [5, 5.41) is 23.4. The molecule has 1 N–H and O–H groups in total. The molecule has 0 atom stereocenters. The predicted octanol–water partition coefficient (Wildman–Crippen LogP) is 2.41. The number of hydrogen-bond donors (Lipinski definition) is 1. The van der Waals surface area contributed by atoms with Crippen molar-refractivity contribution in [1.29, 1.82) is 5.26 Å². The van der Waals surface area contributed by atoms with Gasteiger partial charge in [-0.1, -0.05) is 12.1 Å². The molecule has 1 aliphatic rings. The maximum atomic E-state index is 12.7. The van der Waals surface area contributed by atoms with E-state index >= 15 is 0 Å². The van der Waals surface area contributed by atoms with Gasteiger partial charge in [-0.25, -0.2) is 8.42 Å². The SMILES string of the molecule is Cc1c(NCc2ccc(S(=O)(=O)N3CCOCC3)cc2)cc(C#N)cc1[N+](=O)[O-]. The van der Waals surface area contributed by atoms with Crippen molar-refractivity contribution in [2.75, 3.05) is 31.6 Å². The normalized spacial score (nSPS) is 14.9. The Morgan fingerprint density at radius 2 is 1.90 bits per heavy atom. The molecule has 0 unspecified atom stereocenters. The molecular weight excluding hydrogens is 396 g/mol. The van der Waals surface area contributed by atoms with Gasteiger partial charge in [0.15, 0.2) is 0 Å². The molecule has 0 bridgehead atoms. The van der Waals surface area contributed by atoms with Crippen molar-refractivity contribution in [1.82, 2.24) is 4.31 Å². The lowest BCUT2D eigenvalue weighted by Gasteiger charge is -2.26. The number of morpholine rings is 1. The summed E-state index contributed by atoms with van der Waals surface area (Å²) in [6.07, 6.45) is 0. The Balaban J connectivity index is 1.75. The van der Waals surface area contributed by atoms with Crippen LogP contribution in [0.2, 0.25) is 0 Å². The zero-order chi connectivity index (χ0) is 21.0. The second-order valence-corrected chi connectivity index (χ2v) is 8.49. The Morgan fingerprint density at radius 1 is 1.24 bits per heavy atom. The molecular formula is C19H20N4O5S. The van der Waals surface area contributed by atoms with Gasteiger partial charge in [-0.05, 0) is 30.7 Å². The van der Waals surface area contributed by atoms with E-state index in [0.717, 1.165) is 5.56 Å².